The van der Waals surface area contributed by atoms with Crippen molar-refractivity contribution in [2.75, 3.05) is 6.54 Å². The zero-order valence-corrected chi connectivity index (χ0v) is 12.0. The molecule has 2 aromatic carbocycles. The minimum Gasteiger partial charge on any atom is -0.488 e. The quantitative estimate of drug-likeness (QED) is 0.934. The van der Waals surface area contributed by atoms with Crippen LogP contribution in [0.2, 0.25) is 0 Å². The van der Waals surface area contributed by atoms with Crippen molar-refractivity contribution in [3.63, 3.8) is 0 Å². The molecule has 1 N–H and O–H groups in total. The summed E-state index contributed by atoms with van der Waals surface area (Å²) in [5, 5.41) is 12.4. The maximum atomic E-state index is 8.96. The monoisotopic (exact) mass is 278 g/mol. The lowest BCUT2D eigenvalue weighted by atomic mass is 10.1. The van der Waals surface area contributed by atoms with Crippen molar-refractivity contribution in [2.45, 2.75) is 25.5 Å². The van der Waals surface area contributed by atoms with E-state index in [0.29, 0.717) is 5.56 Å². The lowest BCUT2D eigenvalue weighted by Crippen LogP contribution is -2.31. The van der Waals surface area contributed by atoms with Gasteiger partial charge in [-0.15, -0.1) is 0 Å². The number of nitrogens with zero attached hydrogens (tertiary/aromatic N) is 1. The first-order valence-corrected chi connectivity index (χ1v) is 7.24. The fourth-order valence-electron chi connectivity index (χ4n) is 2.67. The molecule has 3 rings (SSSR count). The Morgan fingerprint density at radius 2 is 2.14 bits per heavy atom. The zero-order valence-electron chi connectivity index (χ0n) is 12.0. The first-order chi connectivity index (χ1) is 10.3. The van der Waals surface area contributed by atoms with Crippen molar-refractivity contribution in [1.29, 1.82) is 5.26 Å². The molecule has 2 aromatic rings. The Hall–Kier alpha value is -2.31. The highest BCUT2D eigenvalue weighted by atomic mass is 16.5. The summed E-state index contributed by atoms with van der Waals surface area (Å²) in [7, 11) is 0. The molecule has 3 nitrogen and oxygen atoms in total. The number of ether oxygens (including phenoxy) is 1. The number of rotatable bonds is 4. The van der Waals surface area contributed by atoms with Gasteiger partial charge in [0, 0.05) is 19.0 Å². The Labute approximate surface area is 125 Å². The summed E-state index contributed by atoms with van der Waals surface area (Å²) in [4.78, 5) is 0. The van der Waals surface area contributed by atoms with Crippen LogP contribution in [0, 0.1) is 11.3 Å². The van der Waals surface area contributed by atoms with E-state index in [4.69, 9.17) is 10.00 Å². The van der Waals surface area contributed by atoms with Crippen molar-refractivity contribution in [3.8, 4) is 11.8 Å². The second-order valence-corrected chi connectivity index (χ2v) is 5.42. The van der Waals surface area contributed by atoms with Gasteiger partial charge < -0.3 is 10.1 Å². The Kier molecular flexibility index (Phi) is 3.89. The molecule has 0 radical (unpaired) electrons. The van der Waals surface area contributed by atoms with Crippen LogP contribution in [0.1, 0.15) is 29.7 Å². The third kappa shape index (κ3) is 3.07. The third-order valence-corrected chi connectivity index (χ3v) is 3.88. The summed E-state index contributed by atoms with van der Waals surface area (Å²) >= 11 is 0. The number of hydrogen-bond donors (Lipinski definition) is 1. The van der Waals surface area contributed by atoms with Gasteiger partial charge in [-0.2, -0.15) is 5.26 Å². The highest BCUT2D eigenvalue weighted by molar-refractivity contribution is 5.37. The van der Waals surface area contributed by atoms with Crippen LogP contribution in [0.25, 0.3) is 0 Å². The van der Waals surface area contributed by atoms with Crippen LogP contribution in [0.5, 0.6) is 5.75 Å². The molecule has 2 unspecified atom stereocenters. The van der Waals surface area contributed by atoms with E-state index >= 15 is 0 Å². The van der Waals surface area contributed by atoms with Gasteiger partial charge in [-0.3, -0.25) is 0 Å². The number of para-hydroxylation sites is 1. The van der Waals surface area contributed by atoms with E-state index in [2.05, 4.69) is 24.4 Å². The minimum absolute atomic E-state index is 0.184. The molecular weight excluding hydrogens is 260 g/mol. The molecule has 0 saturated heterocycles. The van der Waals surface area contributed by atoms with Gasteiger partial charge in [-0.1, -0.05) is 30.3 Å². The number of hydrogen-bond acceptors (Lipinski definition) is 3. The molecule has 1 heterocycles. The van der Waals surface area contributed by atoms with Crippen LogP contribution < -0.4 is 10.1 Å². The summed E-state index contributed by atoms with van der Waals surface area (Å²) in [6.45, 7) is 2.91. The van der Waals surface area contributed by atoms with Gasteiger partial charge in [0.05, 0.1) is 11.6 Å². The summed E-state index contributed by atoms with van der Waals surface area (Å²) in [5.74, 6) is 1.00. The van der Waals surface area contributed by atoms with Crippen molar-refractivity contribution in [1.82, 2.24) is 5.32 Å². The van der Waals surface area contributed by atoms with Crippen LogP contribution in [0.15, 0.2) is 48.5 Å². The molecule has 3 heteroatoms. The van der Waals surface area contributed by atoms with Gasteiger partial charge in [-0.25, -0.2) is 0 Å². The summed E-state index contributed by atoms with van der Waals surface area (Å²) in [5.41, 5.74) is 3.11. The maximum Gasteiger partial charge on any atom is 0.123 e. The van der Waals surface area contributed by atoms with Gasteiger partial charge in [0.25, 0.3) is 0 Å². The molecule has 0 aromatic heterocycles. The SMILES string of the molecule is CC(NCC1Cc2ccccc2O1)c1cccc(C#N)c1. The molecule has 0 aliphatic carbocycles. The lowest BCUT2D eigenvalue weighted by Gasteiger charge is -2.18. The first kappa shape index (κ1) is 13.7. The summed E-state index contributed by atoms with van der Waals surface area (Å²) in [6, 6.07) is 18.3. The van der Waals surface area contributed by atoms with Gasteiger partial charge >= 0.3 is 0 Å². The van der Waals surface area contributed by atoms with Crippen LogP contribution in [0.3, 0.4) is 0 Å². The maximum absolute atomic E-state index is 8.96. The average molecular weight is 278 g/mol. The minimum atomic E-state index is 0.184. The molecule has 0 spiro atoms. The van der Waals surface area contributed by atoms with Gasteiger partial charge in [0.1, 0.15) is 11.9 Å². The number of nitriles is 1. The second kappa shape index (κ2) is 5.99. The Morgan fingerprint density at radius 3 is 2.95 bits per heavy atom. The van der Waals surface area contributed by atoms with Gasteiger partial charge in [0.2, 0.25) is 0 Å². The summed E-state index contributed by atoms with van der Waals surface area (Å²) < 4.78 is 5.92. The smallest absolute Gasteiger partial charge is 0.123 e. The highest BCUT2D eigenvalue weighted by Crippen LogP contribution is 2.28. The molecule has 0 saturated carbocycles. The molecule has 21 heavy (non-hydrogen) atoms. The fourth-order valence-corrected chi connectivity index (χ4v) is 2.67. The Bertz CT molecular complexity index is 650. The van der Waals surface area contributed by atoms with Gasteiger partial charge in [-0.05, 0) is 36.2 Å². The highest BCUT2D eigenvalue weighted by Gasteiger charge is 2.22. The second-order valence-electron chi connectivity index (χ2n) is 5.42. The van der Waals surface area contributed by atoms with E-state index in [1.54, 1.807) is 0 Å². The number of benzene rings is 2. The number of fused-ring (bicyclic) bond motifs is 1. The molecule has 0 bridgehead atoms. The molecule has 106 valence electrons. The normalized spacial score (nSPS) is 17.6. The molecular formula is C18H18N2O. The van der Waals surface area contributed by atoms with Crippen LogP contribution in [-0.2, 0) is 6.42 Å². The molecule has 1 aliphatic rings. The van der Waals surface area contributed by atoms with E-state index in [1.165, 1.54) is 5.56 Å². The van der Waals surface area contributed by atoms with Gasteiger partial charge in [0.15, 0.2) is 0 Å². The van der Waals surface area contributed by atoms with Crippen LogP contribution >= 0.6 is 0 Å². The molecule has 0 amide bonds. The molecule has 2 atom stereocenters. The standard InChI is InChI=1S/C18H18N2O/c1-13(15-7-4-5-14(9-15)11-19)20-12-17-10-16-6-2-3-8-18(16)21-17/h2-9,13,17,20H,10,12H2,1H3. The zero-order chi connectivity index (χ0) is 14.7. The van der Waals surface area contributed by atoms with E-state index in [1.807, 2.05) is 42.5 Å². The van der Waals surface area contributed by atoms with Crippen LogP contribution in [-0.4, -0.2) is 12.6 Å². The topological polar surface area (TPSA) is 45.0 Å². The molecule has 0 fully saturated rings. The number of nitrogens with one attached hydrogen (secondary N) is 1. The van der Waals surface area contributed by atoms with Crippen molar-refractivity contribution < 1.29 is 4.74 Å². The van der Waals surface area contributed by atoms with E-state index < -0.39 is 0 Å². The van der Waals surface area contributed by atoms with Crippen LogP contribution in [0.4, 0.5) is 0 Å². The predicted molar refractivity (Wildman–Crippen MR) is 82.1 cm³/mol. The van der Waals surface area contributed by atoms with Crippen molar-refractivity contribution >= 4 is 0 Å². The first-order valence-electron chi connectivity index (χ1n) is 7.24. The Morgan fingerprint density at radius 1 is 1.29 bits per heavy atom. The van der Waals surface area contributed by atoms with Crippen molar-refractivity contribution in [3.05, 3.63) is 65.2 Å². The fraction of sp³-hybridized carbons (Fsp3) is 0.278. The van der Waals surface area contributed by atoms with E-state index in [-0.39, 0.29) is 12.1 Å². The van der Waals surface area contributed by atoms with Crippen molar-refractivity contribution in [2.24, 2.45) is 0 Å². The Balaban J connectivity index is 1.58. The average Bonchev–Trinajstić information content (AvgIpc) is 2.95. The summed E-state index contributed by atoms with van der Waals surface area (Å²) in [6.07, 6.45) is 1.14. The third-order valence-electron chi connectivity index (χ3n) is 3.88. The van der Waals surface area contributed by atoms with E-state index in [0.717, 1.165) is 24.3 Å². The predicted octanol–water partition coefficient (Wildman–Crippen LogP) is 3.21. The largest absolute Gasteiger partial charge is 0.488 e. The molecule has 1 aliphatic heterocycles. The lowest BCUT2D eigenvalue weighted by molar-refractivity contribution is 0.222. The van der Waals surface area contributed by atoms with E-state index in [9.17, 15) is 0 Å².